The molecule has 17 heavy (non-hydrogen) atoms. The summed E-state index contributed by atoms with van der Waals surface area (Å²) in [6, 6.07) is 19.8. The van der Waals surface area contributed by atoms with E-state index in [1.807, 2.05) is 60.7 Å². The van der Waals surface area contributed by atoms with Crippen molar-refractivity contribution in [3.63, 3.8) is 0 Å². The topological polar surface area (TPSA) is 23.8 Å². The number of nitrogens with zero attached hydrogens (tertiary/aromatic N) is 1. The zero-order valence-corrected chi connectivity index (χ0v) is 10.7. The summed E-state index contributed by atoms with van der Waals surface area (Å²) in [6.45, 7) is 0. The number of hydrogen-bond acceptors (Lipinski definition) is 1. The molecule has 0 aliphatic carbocycles. The molecule has 1 nitrogen and oxygen atoms in total. The molecule has 2 aromatic carbocycles. The van der Waals surface area contributed by atoms with Gasteiger partial charge in [0.15, 0.2) is 0 Å². The summed E-state index contributed by atoms with van der Waals surface area (Å²) in [4.78, 5) is 0. The molecule has 0 saturated heterocycles. The molecule has 0 N–H and O–H groups in total. The first kappa shape index (κ1) is 11.6. The van der Waals surface area contributed by atoms with Crippen molar-refractivity contribution in [1.29, 1.82) is 5.26 Å². The van der Waals surface area contributed by atoms with E-state index in [4.69, 9.17) is 0 Å². The van der Waals surface area contributed by atoms with Crippen molar-refractivity contribution >= 4 is 27.6 Å². The molecule has 0 unspecified atom stereocenters. The number of rotatable bonds is 2. The smallest absolute Gasteiger partial charge is 0.0998 e. The maximum atomic E-state index is 9.20. The predicted molar refractivity (Wildman–Crippen MR) is 74.1 cm³/mol. The van der Waals surface area contributed by atoms with Crippen molar-refractivity contribution in [2.45, 2.75) is 0 Å². The molecule has 0 amide bonds. The van der Waals surface area contributed by atoms with Crippen LogP contribution in [0.5, 0.6) is 0 Å². The van der Waals surface area contributed by atoms with Gasteiger partial charge in [-0.1, -0.05) is 64.5 Å². The van der Waals surface area contributed by atoms with E-state index in [-0.39, 0.29) is 0 Å². The van der Waals surface area contributed by atoms with Crippen molar-refractivity contribution in [2.24, 2.45) is 0 Å². The number of allylic oxidation sites excluding steroid dienone is 1. The second-order valence-corrected chi connectivity index (χ2v) is 4.41. The zero-order valence-electron chi connectivity index (χ0n) is 9.10. The monoisotopic (exact) mass is 283 g/mol. The number of halogens is 1. The van der Waals surface area contributed by atoms with Gasteiger partial charge in [-0.25, -0.2) is 0 Å². The zero-order chi connectivity index (χ0) is 12.1. The van der Waals surface area contributed by atoms with E-state index in [0.717, 1.165) is 15.6 Å². The van der Waals surface area contributed by atoms with Crippen LogP contribution in [0.1, 0.15) is 11.1 Å². The van der Waals surface area contributed by atoms with Gasteiger partial charge in [0.25, 0.3) is 0 Å². The minimum Gasteiger partial charge on any atom is -0.192 e. The van der Waals surface area contributed by atoms with Gasteiger partial charge in [0.05, 0.1) is 11.6 Å². The molecule has 0 saturated carbocycles. The average molecular weight is 284 g/mol. The summed E-state index contributed by atoms with van der Waals surface area (Å²) in [5.41, 5.74) is 2.61. The van der Waals surface area contributed by atoms with Gasteiger partial charge in [-0.15, -0.1) is 0 Å². The second-order valence-electron chi connectivity index (χ2n) is 3.56. The minimum absolute atomic E-state index is 0.664. The van der Waals surface area contributed by atoms with Crippen LogP contribution in [0.2, 0.25) is 0 Å². The Hall–Kier alpha value is -1.85. The van der Waals surface area contributed by atoms with Crippen molar-refractivity contribution in [3.8, 4) is 6.07 Å². The van der Waals surface area contributed by atoms with Gasteiger partial charge >= 0.3 is 0 Å². The van der Waals surface area contributed by atoms with E-state index in [2.05, 4.69) is 22.0 Å². The molecule has 0 aromatic heterocycles. The third-order valence-corrected chi connectivity index (χ3v) is 3.13. The number of hydrogen-bond donors (Lipinski definition) is 0. The Morgan fingerprint density at radius 3 is 2.29 bits per heavy atom. The summed E-state index contributed by atoms with van der Waals surface area (Å²) in [6.07, 6.45) is 1.89. The number of nitriles is 1. The Labute approximate surface area is 109 Å². The van der Waals surface area contributed by atoms with E-state index >= 15 is 0 Å². The standard InChI is InChI=1S/C15H10BrN/c16-15-9-5-4-8-13(15)10-14(11-17)12-6-2-1-3-7-12/h1-10H/b14-10+. The van der Waals surface area contributed by atoms with Crippen LogP contribution in [0, 0.1) is 11.3 Å². The molecule has 0 bridgehead atoms. The molecule has 0 aliphatic heterocycles. The quantitative estimate of drug-likeness (QED) is 0.588. The molecule has 0 heterocycles. The first-order valence-electron chi connectivity index (χ1n) is 5.23. The van der Waals surface area contributed by atoms with Crippen molar-refractivity contribution in [3.05, 3.63) is 70.2 Å². The van der Waals surface area contributed by atoms with Crippen LogP contribution >= 0.6 is 15.9 Å². The van der Waals surface area contributed by atoms with Crippen LogP contribution < -0.4 is 0 Å². The lowest BCUT2D eigenvalue weighted by Crippen LogP contribution is -1.82. The van der Waals surface area contributed by atoms with Crippen LogP contribution in [-0.2, 0) is 0 Å². The van der Waals surface area contributed by atoms with Gasteiger partial charge in [-0.2, -0.15) is 5.26 Å². The highest BCUT2D eigenvalue weighted by Gasteiger charge is 2.01. The second kappa shape index (κ2) is 5.47. The Balaban J connectivity index is 2.45. The summed E-state index contributed by atoms with van der Waals surface area (Å²) < 4.78 is 0.990. The molecule has 2 rings (SSSR count). The molecule has 0 aliphatic rings. The molecular weight excluding hydrogens is 274 g/mol. The fourth-order valence-corrected chi connectivity index (χ4v) is 1.94. The van der Waals surface area contributed by atoms with Gasteiger partial charge in [0.1, 0.15) is 0 Å². The van der Waals surface area contributed by atoms with Crippen molar-refractivity contribution in [2.75, 3.05) is 0 Å². The fraction of sp³-hybridized carbons (Fsp3) is 0. The van der Waals surface area contributed by atoms with Crippen LogP contribution in [0.25, 0.3) is 11.6 Å². The predicted octanol–water partition coefficient (Wildman–Crippen LogP) is 4.51. The molecule has 2 heteroatoms. The lowest BCUT2D eigenvalue weighted by Gasteiger charge is -2.01. The summed E-state index contributed by atoms with van der Waals surface area (Å²) in [7, 11) is 0. The van der Waals surface area contributed by atoms with Crippen LogP contribution in [0.4, 0.5) is 0 Å². The summed E-state index contributed by atoms with van der Waals surface area (Å²) in [5.74, 6) is 0. The molecule has 0 fully saturated rings. The Morgan fingerprint density at radius 1 is 1.00 bits per heavy atom. The highest BCUT2D eigenvalue weighted by molar-refractivity contribution is 9.10. The van der Waals surface area contributed by atoms with Gasteiger partial charge < -0.3 is 0 Å². The van der Waals surface area contributed by atoms with E-state index in [9.17, 15) is 5.26 Å². The van der Waals surface area contributed by atoms with E-state index in [1.54, 1.807) is 0 Å². The third-order valence-electron chi connectivity index (χ3n) is 2.41. The van der Waals surface area contributed by atoms with Gasteiger partial charge in [-0.05, 0) is 23.3 Å². The van der Waals surface area contributed by atoms with Crippen molar-refractivity contribution in [1.82, 2.24) is 0 Å². The van der Waals surface area contributed by atoms with Crippen molar-refractivity contribution < 1.29 is 0 Å². The third kappa shape index (κ3) is 2.83. The van der Waals surface area contributed by atoms with Gasteiger partial charge in [-0.3, -0.25) is 0 Å². The lowest BCUT2D eigenvalue weighted by molar-refractivity contribution is 1.52. The normalized spacial score (nSPS) is 10.9. The maximum absolute atomic E-state index is 9.20. The lowest BCUT2D eigenvalue weighted by atomic mass is 10.0. The van der Waals surface area contributed by atoms with E-state index in [0.29, 0.717) is 5.57 Å². The van der Waals surface area contributed by atoms with E-state index in [1.165, 1.54) is 0 Å². The first-order chi connectivity index (χ1) is 8.31. The van der Waals surface area contributed by atoms with Gasteiger partial charge in [0, 0.05) is 4.47 Å². The van der Waals surface area contributed by atoms with Crippen LogP contribution in [0.3, 0.4) is 0 Å². The maximum Gasteiger partial charge on any atom is 0.0998 e. The fourth-order valence-electron chi connectivity index (χ4n) is 1.55. The summed E-state index contributed by atoms with van der Waals surface area (Å²) in [5, 5.41) is 9.20. The molecule has 0 atom stereocenters. The molecule has 2 aromatic rings. The highest BCUT2D eigenvalue weighted by Crippen LogP contribution is 2.22. The Bertz CT molecular complexity index is 579. The average Bonchev–Trinajstić information content (AvgIpc) is 2.39. The SMILES string of the molecule is N#C/C(=C\c1ccccc1Br)c1ccccc1. The van der Waals surface area contributed by atoms with Gasteiger partial charge in [0.2, 0.25) is 0 Å². The first-order valence-corrected chi connectivity index (χ1v) is 6.02. The van der Waals surface area contributed by atoms with E-state index < -0.39 is 0 Å². The molecule has 0 radical (unpaired) electrons. The molecule has 82 valence electrons. The molecular formula is C15H10BrN. The minimum atomic E-state index is 0.664. The number of benzene rings is 2. The largest absolute Gasteiger partial charge is 0.192 e. The van der Waals surface area contributed by atoms with Crippen LogP contribution in [0.15, 0.2) is 59.1 Å². The van der Waals surface area contributed by atoms with Crippen LogP contribution in [-0.4, -0.2) is 0 Å². The summed E-state index contributed by atoms with van der Waals surface area (Å²) >= 11 is 3.47. The Morgan fingerprint density at radius 2 is 1.65 bits per heavy atom. The Kier molecular flexibility index (Phi) is 3.74. The highest BCUT2D eigenvalue weighted by atomic mass is 79.9. The molecule has 0 spiro atoms.